The smallest absolute Gasteiger partial charge is 0.247 e. The first-order valence-corrected chi connectivity index (χ1v) is 9.76. The maximum absolute atomic E-state index is 12.8. The quantitative estimate of drug-likeness (QED) is 0.461. The van der Waals surface area contributed by atoms with E-state index in [1.54, 1.807) is 0 Å². The lowest BCUT2D eigenvalue weighted by molar-refractivity contribution is -0.118. The summed E-state index contributed by atoms with van der Waals surface area (Å²) in [6, 6.07) is 25.5. The Labute approximate surface area is 170 Å². The summed E-state index contributed by atoms with van der Waals surface area (Å²) in [7, 11) is 0. The van der Waals surface area contributed by atoms with Gasteiger partial charge in [0.05, 0.1) is 5.52 Å². The van der Waals surface area contributed by atoms with Gasteiger partial charge in [0.1, 0.15) is 18.4 Å². The molecule has 0 aliphatic carbocycles. The number of nitrogens with one attached hydrogen (secondary N) is 1. The van der Waals surface area contributed by atoms with Crippen molar-refractivity contribution in [3.8, 4) is 5.75 Å². The standard InChI is InChI=1S/C25H24N2O2/c1-18-9-6-7-12-22(18)26-25(28)19(2)27-16-15-21-23(27)13-8-14-24(21)29-17-20-10-4-3-5-11-20/h3-16,19H,17H2,1-2H3,(H,26,28). The molecule has 0 aliphatic rings. The molecule has 0 radical (unpaired) electrons. The first-order chi connectivity index (χ1) is 14.1. The fourth-order valence-electron chi connectivity index (χ4n) is 3.44. The van der Waals surface area contributed by atoms with E-state index in [9.17, 15) is 4.79 Å². The Morgan fingerprint density at radius 3 is 2.52 bits per heavy atom. The Kier molecular flexibility index (Phi) is 5.34. The minimum absolute atomic E-state index is 0.0487. The number of amides is 1. The molecule has 1 amide bonds. The van der Waals surface area contributed by atoms with Crippen LogP contribution in [0.5, 0.6) is 5.75 Å². The van der Waals surface area contributed by atoms with Crippen molar-refractivity contribution < 1.29 is 9.53 Å². The lowest BCUT2D eigenvalue weighted by Gasteiger charge is -2.17. The maximum atomic E-state index is 12.8. The number of hydrogen-bond acceptors (Lipinski definition) is 2. The molecule has 3 aromatic carbocycles. The SMILES string of the molecule is Cc1ccccc1NC(=O)C(C)n1ccc2c(OCc3ccccc3)cccc21. The molecular weight excluding hydrogens is 360 g/mol. The van der Waals surface area contributed by atoms with Crippen molar-refractivity contribution in [2.45, 2.75) is 26.5 Å². The number of nitrogens with zero attached hydrogens (tertiary/aromatic N) is 1. The molecule has 4 rings (SSSR count). The number of aromatic nitrogens is 1. The summed E-state index contributed by atoms with van der Waals surface area (Å²) in [5, 5.41) is 4.03. The number of aryl methyl sites for hydroxylation is 1. The third-order valence-electron chi connectivity index (χ3n) is 5.16. The van der Waals surface area contributed by atoms with E-state index in [2.05, 4.69) is 5.32 Å². The molecule has 0 spiro atoms. The molecular formula is C25H24N2O2. The van der Waals surface area contributed by atoms with E-state index in [0.29, 0.717) is 6.61 Å². The van der Waals surface area contributed by atoms with Crippen molar-refractivity contribution in [1.29, 1.82) is 0 Å². The lowest BCUT2D eigenvalue weighted by Crippen LogP contribution is -2.23. The van der Waals surface area contributed by atoms with Gasteiger partial charge in [0.15, 0.2) is 0 Å². The number of carbonyl (C=O) groups is 1. The summed E-state index contributed by atoms with van der Waals surface area (Å²) in [5.74, 6) is 0.768. The molecule has 1 atom stereocenters. The fourth-order valence-corrected chi connectivity index (χ4v) is 3.44. The van der Waals surface area contributed by atoms with Crippen molar-refractivity contribution in [2.75, 3.05) is 5.32 Å². The molecule has 4 nitrogen and oxygen atoms in total. The molecule has 4 aromatic rings. The van der Waals surface area contributed by atoms with Crippen LogP contribution in [0.4, 0.5) is 5.69 Å². The average Bonchev–Trinajstić information content (AvgIpc) is 3.19. The molecule has 1 N–H and O–H groups in total. The van der Waals surface area contributed by atoms with Crippen LogP contribution in [0.3, 0.4) is 0 Å². The van der Waals surface area contributed by atoms with E-state index in [4.69, 9.17) is 4.74 Å². The third kappa shape index (κ3) is 4.02. The van der Waals surface area contributed by atoms with Gasteiger partial charge in [-0.3, -0.25) is 4.79 Å². The van der Waals surface area contributed by atoms with Gasteiger partial charge in [-0.1, -0.05) is 54.6 Å². The van der Waals surface area contributed by atoms with Crippen LogP contribution in [-0.4, -0.2) is 10.5 Å². The van der Waals surface area contributed by atoms with Gasteiger partial charge in [-0.15, -0.1) is 0 Å². The summed E-state index contributed by atoms with van der Waals surface area (Å²) in [6.45, 7) is 4.40. The van der Waals surface area contributed by atoms with Gasteiger partial charge in [0, 0.05) is 17.3 Å². The number of rotatable bonds is 6. The molecule has 4 heteroatoms. The molecule has 0 saturated carbocycles. The van der Waals surface area contributed by atoms with E-state index < -0.39 is 0 Å². The van der Waals surface area contributed by atoms with Gasteiger partial charge in [0.2, 0.25) is 5.91 Å². The van der Waals surface area contributed by atoms with Gasteiger partial charge in [-0.05, 0) is 49.2 Å². The minimum Gasteiger partial charge on any atom is -0.488 e. The van der Waals surface area contributed by atoms with Gasteiger partial charge in [-0.2, -0.15) is 0 Å². The Hall–Kier alpha value is -3.53. The number of para-hydroxylation sites is 1. The van der Waals surface area contributed by atoms with Gasteiger partial charge in [-0.25, -0.2) is 0 Å². The number of anilines is 1. The highest BCUT2D eigenvalue weighted by molar-refractivity contribution is 5.96. The zero-order chi connectivity index (χ0) is 20.2. The molecule has 1 heterocycles. The van der Waals surface area contributed by atoms with Crippen LogP contribution in [0.2, 0.25) is 0 Å². The number of carbonyl (C=O) groups excluding carboxylic acids is 1. The van der Waals surface area contributed by atoms with E-state index >= 15 is 0 Å². The van der Waals surface area contributed by atoms with E-state index in [1.807, 2.05) is 103 Å². The number of benzene rings is 3. The van der Waals surface area contributed by atoms with Crippen LogP contribution in [-0.2, 0) is 11.4 Å². The summed E-state index contributed by atoms with van der Waals surface area (Å²) >= 11 is 0. The second kappa shape index (κ2) is 8.23. The monoisotopic (exact) mass is 384 g/mol. The van der Waals surface area contributed by atoms with Crippen LogP contribution in [0.1, 0.15) is 24.1 Å². The number of ether oxygens (including phenoxy) is 1. The molecule has 0 fully saturated rings. The average molecular weight is 384 g/mol. The van der Waals surface area contributed by atoms with E-state index in [-0.39, 0.29) is 11.9 Å². The largest absolute Gasteiger partial charge is 0.488 e. The second-order valence-electron chi connectivity index (χ2n) is 7.17. The highest BCUT2D eigenvalue weighted by atomic mass is 16.5. The van der Waals surface area contributed by atoms with Crippen molar-refractivity contribution in [3.05, 3.63) is 96.2 Å². The number of hydrogen-bond donors (Lipinski definition) is 1. The Morgan fingerprint density at radius 1 is 0.966 bits per heavy atom. The van der Waals surface area contributed by atoms with Crippen LogP contribution < -0.4 is 10.1 Å². The van der Waals surface area contributed by atoms with Crippen molar-refractivity contribution in [2.24, 2.45) is 0 Å². The zero-order valence-corrected chi connectivity index (χ0v) is 16.6. The molecule has 0 aliphatic heterocycles. The lowest BCUT2D eigenvalue weighted by atomic mass is 10.2. The Morgan fingerprint density at radius 2 is 1.72 bits per heavy atom. The zero-order valence-electron chi connectivity index (χ0n) is 16.6. The van der Waals surface area contributed by atoms with E-state index in [1.165, 1.54) is 0 Å². The van der Waals surface area contributed by atoms with Crippen molar-refractivity contribution in [1.82, 2.24) is 4.57 Å². The molecule has 1 unspecified atom stereocenters. The first-order valence-electron chi connectivity index (χ1n) is 9.76. The minimum atomic E-state index is -0.350. The summed E-state index contributed by atoms with van der Waals surface area (Å²) < 4.78 is 8.04. The van der Waals surface area contributed by atoms with Crippen LogP contribution >= 0.6 is 0 Å². The Bertz CT molecular complexity index is 1130. The Balaban J connectivity index is 1.55. The molecule has 146 valence electrons. The van der Waals surface area contributed by atoms with Crippen molar-refractivity contribution in [3.63, 3.8) is 0 Å². The van der Waals surface area contributed by atoms with Gasteiger partial charge >= 0.3 is 0 Å². The first kappa shape index (κ1) is 18.8. The summed E-state index contributed by atoms with van der Waals surface area (Å²) in [6.07, 6.45) is 1.95. The second-order valence-corrected chi connectivity index (χ2v) is 7.17. The van der Waals surface area contributed by atoms with Gasteiger partial charge < -0.3 is 14.6 Å². The fraction of sp³-hybridized carbons (Fsp3) is 0.160. The van der Waals surface area contributed by atoms with Crippen molar-refractivity contribution >= 4 is 22.5 Å². The topological polar surface area (TPSA) is 43.3 Å². The van der Waals surface area contributed by atoms with E-state index in [0.717, 1.165) is 33.5 Å². The molecule has 29 heavy (non-hydrogen) atoms. The molecule has 0 saturated heterocycles. The normalized spacial score (nSPS) is 11.9. The highest BCUT2D eigenvalue weighted by Crippen LogP contribution is 2.30. The molecule has 0 bridgehead atoms. The predicted octanol–water partition coefficient (Wildman–Crippen LogP) is 5.73. The highest BCUT2D eigenvalue weighted by Gasteiger charge is 2.18. The van der Waals surface area contributed by atoms with Gasteiger partial charge in [0.25, 0.3) is 0 Å². The maximum Gasteiger partial charge on any atom is 0.247 e. The van der Waals surface area contributed by atoms with Crippen LogP contribution in [0, 0.1) is 6.92 Å². The predicted molar refractivity (Wildman–Crippen MR) is 117 cm³/mol. The third-order valence-corrected chi connectivity index (χ3v) is 5.16. The summed E-state index contributed by atoms with van der Waals surface area (Å²) in [5.41, 5.74) is 3.98. The van der Waals surface area contributed by atoms with Crippen LogP contribution in [0.25, 0.3) is 10.9 Å². The molecule has 1 aromatic heterocycles. The van der Waals surface area contributed by atoms with Crippen LogP contribution in [0.15, 0.2) is 85.1 Å². The summed E-state index contributed by atoms with van der Waals surface area (Å²) in [4.78, 5) is 12.8. The number of fused-ring (bicyclic) bond motifs is 1.